The van der Waals surface area contributed by atoms with E-state index in [1.807, 2.05) is 4.57 Å². The minimum absolute atomic E-state index is 0.198. The van der Waals surface area contributed by atoms with Crippen LogP contribution in [0.4, 0.5) is 5.69 Å². The van der Waals surface area contributed by atoms with Gasteiger partial charge in [0.1, 0.15) is 0 Å². The molecule has 158 valence electrons. The van der Waals surface area contributed by atoms with Crippen molar-refractivity contribution in [1.82, 2.24) is 4.57 Å². The number of fused-ring (bicyclic) bond motifs is 1. The average molecular weight is 434 g/mol. The van der Waals surface area contributed by atoms with Crippen LogP contribution in [-0.2, 0) is 16.1 Å². The Morgan fingerprint density at radius 3 is 2.58 bits per heavy atom. The fraction of sp³-hybridized carbons (Fsp3) is 0.250. The SMILES string of the molecule is C=CCn1c(=NC(=O)c2cccc(N3C(=O)CCC3=O)c2)sc2cc(C(C)C)ccc21. The summed E-state index contributed by atoms with van der Waals surface area (Å²) in [4.78, 5) is 43.1. The molecule has 0 spiro atoms. The number of imide groups is 1. The number of aromatic nitrogens is 1. The van der Waals surface area contributed by atoms with Crippen molar-refractivity contribution in [2.24, 2.45) is 4.99 Å². The van der Waals surface area contributed by atoms with Gasteiger partial charge in [0.25, 0.3) is 5.91 Å². The Morgan fingerprint density at radius 1 is 1.16 bits per heavy atom. The largest absolute Gasteiger partial charge is 0.312 e. The monoisotopic (exact) mass is 433 g/mol. The van der Waals surface area contributed by atoms with Crippen molar-refractivity contribution in [3.8, 4) is 0 Å². The lowest BCUT2D eigenvalue weighted by atomic mass is 10.0. The van der Waals surface area contributed by atoms with E-state index >= 15 is 0 Å². The van der Waals surface area contributed by atoms with Gasteiger partial charge in [-0.1, -0.05) is 43.4 Å². The van der Waals surface area contributed by atoms with Gasteiger partial charge in [-0.15, -0.1) is 6.58 Å². The van der Waals surface area contributed by atoms with E-state index in [1.54, 1.807) is 30.3 Å². The number of allylic oxidation sites excluding steroid dienone is 1. The summed E-state index contributed by atoms with van der Waals surface area (Å²) in [6.07, 6.45) is 2.17. The third-order valence-electron chi connectivity index (χ3n) is 5.29. The Kier molecular flexibility index (Phi) is 5.69. The maximum atomic E-state index is 13.0. The lowest BCUT2D eigenvalue weighted by molar-refractivity contribution is -0.121. The molecule has 1 aromatic heterocycles. The molecule has 3 amide bonds. The molecule has 3 aromatic rings. The molecule has 0 aliphatic carbocycles. The van der Waals surface area contributed by atoms with Crippen molar-refractivity contribution in [2.45, 2.75) is 39.2 Å². The summed E-state index contributed by atoms with van der Waals surface area (Å²) in [5.74, 6) is -0.517. The predicted molar refractivity (Wildman–Crippen MR) is 122 cm³/mol. The van der Waals surface area contributed by atoms with E-state index in [9.17, 15) is 14.4 Å². The number of rotatable bonds is 5. The maximum absolute atomic E-state index is 13.0. The van der Waals surface area contributed by atoms with Crippen molar-refractivity contribution in [3.05, 3.63) is 71.0 Å². The van der Waals surface area contributed by atoms with Crippen LogP contribution < -0.4 is 9.70 Å². The molecule has 1 aliphatic heterocycles. The number of nitrogens with zero attached hydrogens (tertiary/aromatic N) is 3. The Bertz CT molecular complexity index is 1270. The smallest absolute Gasteiger partial charge is 0.279 e. The molecule has 0 atom stereocenters. The molecule has 2 heterocycles. The van der Waals surface area contributed by atoms with E-state index in [4.69, 9.17) is 0 Å². The fourth-order valence-electron chi connectivity index (χ4n) is 3.63. The highest BCUT2D eigenvalue weighted by molar-refractivity contribution is 7.16. The molecule has 0 radical (unpaired) electrons. The van der Waals surface area contributed by atoms with Gasteiger partial charge in [-0.3, -0.25) is 19.3 Å². The van der Waals surface area contributed by atoms with E-state index in [-0.39, 0.29) is 24.7 Å². The molecular weight excluding hydrogens is 410 g/mol. The number of hydrogen-bond donors (Lipinski definition) is 0. The minimum Gasteiger partial charge on any atom is -0.312 e. The van der Waals surface area contributed by atoms with Crippen molar-refractivity contribution in [2.75, 3.05) is 4.90 Å². The second-order valence-corrected chi connectivity index (χ2v) is 8.77. The Hall–Kier alpha value is -3.32. The zero-order valence-electron chi connectivity index (χ0n) is 17.5. The molecule has 1 aliphatic rings. The van der Waals surface area contributed by atoms with Crippen molar-refractivity contribution >= 4 is 45.0 Å². The zero-order chi connectivity index (χ0) is 22.1. The molecule has 2 aromatic carbocycles. The first kappa shape index (κ1) is 20.9. The number of anilines is 1. The maximum Gasteiger partial charge on any atom is 0.279 e. The van der Waals surface area contributed by atoms with Gasteiger partial charge in [0.2, 0.25) is 11.8 Å². The number of amides is 3. The van der Waals surface area contributed by atoms with Crippen LogP contribution in [0, 0.1) is 0 Å². The zero-order valence-corrected chi connectivity index (χ0v) is 18.3. The quantitative estimate of drug-likeness (QED) is 0.442. The van der Waals surface area contributed by atoms with E-state index < -0.39 is 5.91 Å². The molecule has 31 heavy (non-hydrogen) atoms. The molecule has 0 bridgehead atoms. The van der Waals surface area contributed by atoms with Crippen LogP contribution in [-0.4, -0.2) is 22.3 Å². The Balaban J connectivity index is 1.76. The average Bonchev–Trinajstić information content (AvgIpc) is 3.27. The first-order chi connectivity index (χ1) is 14.9. The van der Waals surface area contributed by atoms with Gasteiger partial charge >= 0.3 is 0 Å². The number of thiazole rings is 1. The van der Waals surface area contributed by atoms with Gasteiger partial charge in [0, 0.05) is 24.9 Å². The van der Waals surface area contributed by atoms with E-state index in [0.717, 1.165) is 15.1 Å². The third kappa shape index (κ3) is 4.01. The molecule has 1 fully saturated rings. The number of hydrogen-bond acceptors (Lipinski definition) is 4. The van der Waals surface area contributed by atoms with Crippen molar-refractivity contribution in [1.29, 1.82) is 0 Å². The normalized spacial score (nSPS) is 14.8. The topological polar surface area (TPSA) is 71.7 Å². The first-order valence-electron chi connectivity index (χ1n) is 10.2. The van der Waals surface area contributed by atoms with Crippen molar-refractivity contribution in [3.63, 3.8) is 0 Å². The number of carbonyl (C=O) groups excluding carboxylic acids is 3. The van der Waals surface area contributed by atoms with E-state index in [1.165, 1.54) is 16.9 Å². The summed E-state index contributed by atoms with van der Waals surface area (Å²) in [5.41, 5.74) is 2.97. The van der Waals surface area contributed by atoms with Crippen LogP contribution in [0.3, 0.4) is 0 Å². The van der Waals surface area contributed by atoms with Gasteiger partial charge in [0.05, 0.1) is 15.9 Å². The van der Waals surface area contributed by atoms with Gasteiger partial charge in [-0.25, -0.2) is 0 Å². The molecular formula is C24H23N3O3S. The number of benzene rings is 2. The van der Waals surface area contributed by atoms with Crippen LogP contribution in [0.1, 0.15) is 48.5 Å². The summed E-state index contributed by atoms with van der Waals surface area (Å²) in [7, 11) is 0. The molecule has 0 saturated carbocycles. The van der Waals surface area contributed by atoms with Crippen LogP contribution in [0.25, 0.3) is 10.2 Å². The molecule has 0 unspecified atom stereocenters. The predicted octanol–water partition coefficient (Wildman–Crippen LogP) is 4.41. The summed E-state index contributed by atoms with van der Waals surface area (Å²) in [5, 5.41) is 0. The molecule has 7 heteroatoms. The molecule has 4 rings (SSSR count). The van der Waals surface area contributed by atoms with Gasteiger partial charge in [-0.2, -0.15) is 4.99 Å². The van der Waals surface area contributed by atoms with Crippen LogP contribution in [0.15, 0.2) is 60.1 Å². The highest BCUT2D eigenvalue weighted by Crippen LogP contribution is 2.25. The molecule has 0 N–H and O–H groups in total. The van der Waals surface area contributed by atoms with E-state index in [0.29, 0.717) is 28.5 Å². The van der Waals surface area contributed by atoms with Crippen molar-refractivity contribution < 1.29 is 14.4 Å². The van der Waals surface area contributed by atoms with Gasteiger partial charge in [-0.05, 0) is 41.8 Å². The highest BCUT2D eigenvalue weighted by atomic mass is 32.1. The second kappa shape index (κ2) is 8.43. The summed E-state index contributed by atoms with van der Waals surface area (Å²) < 4.78 is 3.02. The van der Waals surface area contributed by atoms with Crippen LogP contribution in [0.2, 0.25) is 0 Å². The minimum atomic E-state index is -0.422. The van der Waals surface area contributed by atoms with Crippen LogP contribution in [0.5, 0.6) is 0 Å². The highest BCUT2D eigenvalue weighted by Gasteiger charge is 2.30. The fourth-order valence-corrected chi connectivity index (χ4v) is 4.72. The van der Waals surface area contributed by atoms with E-state index in [2.05, 4.69) is 43.6 Å². The van der Waals surface area contributed by atoms with Gasteiger partial charge < -0.3 is 4.57 Å². The van der Waals surface area contributed by atoms with Crippen LogP contribution >= 0.6 is 11.3 Å². The first-order valence-corrected chi connectivity index (χ1v) is 11.0. The second-order valence-electron chi connectivity index (χ2n) is 7.76. The number of carbonyl (C=O) groups is 3. The Morgan fingerprint density at radius 2 is 1.90 bits per heavy atom. The lowest BCUT2D eigenvalue weighted by Crippen LogP contribution is -2.28. The summed E-state index contributed by atoms with van der Waals surface area (Å²) in [6.45, 7) is 8.64. The molecule has 1 saturated heterocycles. The lowest BCUT2D eigenvalue weighted by Gasteiger charge is -2.14. The Labute approximate surface area is 184 Å². The third-order valence-corrected chi connectivity index (χ3v) is 6.33. The van der Waals surface area contributed by atoms with Gasteiger partial charge in [0.15, 0.2) is 4.80 Å². The standard InChI is InChI=1S/C24H23N3O3S/c1-4-12-26-19-9-8-16(15(2)3)14-20(19)31-24(26)25-23(30)17-6-5-7-18(13-17)27-21(28)10-11-22(27)29/h4-9,13-15H,1,10-12H2,2-3H3. The summed E-state index contributed by atoms with van der Waals surface area (Å²) in [6, 6.07) is 12.8. The molecule has 6 nitrogen and oxygen atoms in total. The summed E-state index contributed by atoms with van der Waals surface area (Å²) >= 11 is 1.46.